The van der Waals surface area contributed by atoms with E-state index in [1.54, 1.807) is 0 Å². The molecule has 0 saturated heterocycles. The third-order valence-corrected chi connectivity index (χ3v) is 0.354. The van der Waals surface area contributed by atoms with Gasteiger partial charge in [0, 0.05) is 39.0 Å². The van der Waals surface area contributed by atoms with E-state index < -0.39 is 0 Å². The molecular formula is C4H9Zn2-. The molecule has 0 unspecified atom stereocenters. The molecule has 0 aromatic heterocycles. The third kappa shape index (κ3) is 18.7. The van der Waals surface area contributed by atoms with Crippen LogP contribution in [0, 0.1) is 6.92 Å². The van der Waals surface area contributed by atoms with E-state index in [1.165, 1.54) is 6.42 Å². The van der Waals surface area contributed by atoms with Gasteiger partial charge in [-0.25, -0.2) is 0 Å². The van der Waals surface area contributed by atoms with Crippen molar-refractivity contribution in [3.63, 3.8) is 0 Å². The van der Waals surface area contributed by atoms with Gasteiger partial charge in [0.2, 0.25) is 0 Å². The van der Waals surface area contributed by atoms with Crippen molar-refractivity contribution in [3.8, 4) is 0 Å². The Bertz CT molecular complexity index is 7.51. The van der Waals surface area contributed by atoms with Crippen molar-refractivity contribution in [3.05, 3.63) is 6.92 Å². The molecule has 0 bridgehead atoms. The SMILES string of the molecule is [CH2-]CCC.[Zn].[Zn]. The average molecular weight is 188 g/mol. The fraction of sp³-hybridized carbons (Fsp3) is 0.750. The van der Waals surface area contributed by atoms with Crippen molar-refractivity contribution in [1.82, 2.24) is 0 Å². The van der Waals surface area contributed by atoms with Gasteiger partial charge in [0.15, 0.2) is 0 Å². The molecule has 0 aromatic carbocycles. The van der Waals surface area contributed by atoms with Gasteiger partial charge < -0.3 is 6.92 Å². The molecule has 6 heavy (non-hydrogen) atoms. The zero-order chi connectivity index (χ0) is 3.41. The molecule has 0 aliphatic carbocycles. The predicted octanol–water partition coefficient (Wildman–Crippen LogP) is 1.62. The van der Waals surface area contributed by atoms with E-state index in [0.717, 1.165) is 6.42 Å². The van der Waals surface area contributed by atoms with Crippen molar-refractivity contribution < 1.29 is 39.0 Å². The van der Waals surface area contributed by atoms with Crippen LogP contribution in [-0.4, -0.2) is 0 Å². The molecule has 2 heteroatoms. The van der Waals surface area contributed by atoms with Crippen LogP contribution in [0.1, 0.15) is 19.8 Å². The molecule has 0 heterocycles. The van der Waals surface area contributed by atoms with Gasteiger partial charge in [-0.05, 0) is 0 Å². The molecule has 0 aromatic rings. The summed E-state index contributed by atoms with van der Waals surface area (Å²) in [5.74, 6) is 0. The van der Waals surface area contributed by atoms with Crippen molar-refractivity contribution in [2.24, 2.45) is 0 Å². The Morgan fingerprint density at radius 3 is 1.50 bits per heavy atom. The van der Waals surface area contributed by atoms with Crippen molar-refractivity contribution in [1.29, 1.82) is 0 Å². The summed E-state index contributed by atoms with van der Waals surface area (Å²) in [5.41, 5.74) is 0. The standard InChI is InChI=1S/C4H9.2Zn/c1-3-4-2;;/h1,3-4H2,2H3;;/q-1;;. The van der Waals surface area contributed by atoms with Gasteiger partial charge in [0.1, 0.15) is 0 Å². The third-order valence-electron chi connectivity index (χ3n) is 0.354. The van der Waals surface area contributed by atoms with Crippen LogP contribution in [-0.2, 0) is 39.0 Å². The van der Waals surface area contributed by atoms with Crippen LogP contribution in [0.25, 0.3) is 0 Å². The first-order chi connectivity index (χ1) is 1.91. The van der Waals surface area contributed by atoms with E-state index >= 15 is 0 Å². The minimum atomic E-state index is 0. The van der Waals surface area contributed by atoms with Crippen LogP contribution in [0.3, 0.4) is 0 Å². The minimum absolute atomic E-state index is 0. The first-order valence-electron chi connectivity index (χ1n) is 1.71. The molecular weight excluding hydrogens is 179 g/mol. The zero-order valence-corrected chi connectivity index (χ0v) is 10.5. The molecule has 0 saturated carbocycles. The molecule has 0 radical (unpaired) electrons. The van der Waals surface area contributed by atoms with E-state index in [4.69, 9.17) is 0 Å². The quantitative estimate of drug-likeness (QED) is 0.433. The summed E-state index contributed by atoms with van der Waals surface area (Å²) in [5, 5.41) is 0. The van der Waals surface area contributed by atoms with Gasteiger partial charge in [-0.1, -0.05) is 13.3 Å². The largest absolute Gasteiger partial charge is 0.343 e. The van der Waals surface area contributed by atoms with Gasteiger partial charge in [-0.3, -0.25) is 0 Å². The summed E-state index contributed by atoms with van der Waals surface area (Å²) in [7, 11) is 0. The number of hydrogen-bond donors (Lipinski definition) is 0. The number of unbranched alkanes of at least 4 members (excludes halogenated alkanes) is 1. The van der Waals surface area contributed by atoms with Gasteiger partial charge in [0.05, 0.1) is 0 Å². The van der Waals surface area contributed by atoms with Crippen molar-refractivity contribution in [2.45, 2.75) is 19.8 Å². The predicted molar refractivity (Wildman–Crippen MR) is 20.3 cm³/mol. The molecule has 0 aliphatic heterocycles. The Morgan fingerprint density at radius 2 is 1.50 bits per heavy atom. The summed E-state index contributed by atoms with van der Waals surface area (Å²) >= 11 is 0. The van der Waals surface area contributed by atoms with Gasteiger partial charge in [-0.15, -0.1) is 0 Å². The summed E-state index contributed by atoms with van der Waals surface area (Å²) in [6.07, 6.45) is 2.28. The molecule has 30 valence electrons. The van der Waals surface area contributed by atoms with Gasteiger partial charge in [-0.2, -0.15) is 6.42 Å². The maximum Gasteiger partial charge on any atom is 0 e. The maximum atomic E-state index is 3.60. The molecule has 0 atom stereocenters. The Hall–Kier alpha value is 1.25. The summed E-state index contributed by atoms with van der Waals surface area (Å²) < 4.78 is 0. The van der Waals surface area contributed by atoms with Crippen LogP contribution in [0.4, 0.5) is 0 Å². The summed E-state index contributed by atoms with van der Waals surface area (Å²) in [4.78, 5) is 0. The van der Waals surface area contributed by atoms with Crippen LogP contribution in [0.5, 0.6) is 0 Å². The van der Waals surface area contributed by atoms with Crippen LogP contribution < -0.4 is 0 Å². The molecule has 0 amide bonds. The van der Waals surface area contributed by atoms with E-state index in [-0.39, 0.29) is 39.0 Å². The van der Waals surface area contributed by atoms with Crippen LogP contribution in [0.15, 0.2) is 0 Å². The Morgan fingerprint density at radius 1 is 1.33 bits per heavy atom. The molecule has 0 aliphatic rings. The van der Waals surface area contributed by atoms with Gasteiger partial charge in [0.25, 0.3) is 0 Å². The van der Waals surface area contributed by atoms with E-state index in [1.807, 2.05) is 0 Å². The first kappa shape index (κ1) is 15.7. The minimum Gasteiger partial charge on any atom is -0.343 e. The summed E-state index contributed by atoms with van der Waals surface area (Å²) in [6.45, 7) is 5.72. The normalized spacial score (nSPS) is 5.00. The Labute approximate surface area is 65.6 Å². The zero-order valence-electron chi connectivity index (χ0n) is 4.54. The topological polar surface area (TPSA) is 0 Å². The molecule has 0 nitrogen and oxygen atoms in total. The average Bonchev–Trinajstić information content (AvgIpc) is 1.37. The second-order valence-electron chi connectivity index (χ2n) is 0.854. The van der Waals surface area contributed by atoms with Gasteiger partial charge >= 0.3 is 0 Å². The summed E-state index contributed by atoms with van der Waals surface area (Å²) in [6, 6.07) is 0. The monoisotopic (exact) mass is 185 g/mol. The first-order valence-corrected chi connectivity index (χ1v) is 1.71. The smallest absolute Gasteiger partial charge is 0 e. The van der Waals surface area contributed by atoms with E-state index in [0.29, 0.717) is 0 Å². The number of rotatable bonds is 1. The second-order valence-corrected chi connectivity index (χ2v) is 0.854. The fourth-order valence-electron chi connectivity index (χ4n) is 0. The van der Waals surface area contributed by atoms with E-state index in [2.05, 4.69) is 13.8 Å². The van der Waals surface area contributed by atoms with Crippen molar-refractivity contribution in [2.75, 3.05) is 0 Å². The van der Waals surface area contributed by atoms with Crippen molar-refractivity contribution >= 4 is 0 Å². The molecule has 0 fully saturated rings. The Kier molecular flexibility index (Phi) is 42.6. The maximum absolute atomic E-state index is 3.60. The van der Waals surface area contributed by atoms with Crippen LogP contribution >= 0.6 is 0 Å². The second kappa shape index (κ2) is 16.3. The fourth-order valence-corrected chi connectivity index (χ4v) is 0. The van der Waals surface area contributed by atoms with E-state index in [9.17, 15) is 0 Å². The molecule has 0 spiro atoms. The molecule has 0 N–H and O–H groups in total. The molecule has 0 rings (SSSR count). The van der Waals surface area contributed by atoms with Crippen LogP contribution in [0.2, 0.25) is 0 Å². The Balaban J connectivity index is -0.0000000450. The number of hydrogen-bond acceptors (Lipinski definition) is 0.